The minimum Gasteiger partial charge on any atom is -0.392 e. The lowest BCUT2D eigenvalue weighted by Gasteiger charge is -2.41. The molecule has 0 aliphatic carbocycles. The Morgan fingerprint density at radius 2 is 1.63 bits per heavy atom. The van der Waals surface area contributed by atoms with Gasteiger partial charge in [-0.15, -0.1) is 0 Å². The molecule has 0 heterocycles. The molecule has 0 aliphatic rings. The molecule has 0 bridgehead atoms. The molecule has 1 rings (SSSR count). The van der Waals surface area contributed by atoms with Crippen LogP contribution in [0.5, 0.6) is 0 Å². The van der Waals surface area contributed by atoms with Gasteiger partial charge in [0.1, 0.15) is 6.29 Å². The quantitative estimate of drug-likeness (QED) is 0.120. The zero-order valence-electron chi connectivity index (χ0n) is 19.8. The van der Waals surface area contributed by atoms with Gasteiger partial charge in [0.15, 0.2) is 14.7 Å². The van der Waals surface area contributed by atoms with Crippen LogP contribution in [-0.4, -0.2) is 40.8 Å². The third kappa shape index (κ3) is 9.31. The highest BCUT2D eigenvalue weighted by atomic mass is 31.2. The first-order valence-corrected chi connectivity index (χ1v) is 15.5. The summed E-state index contributed by atoms with van der Waals surface area (Å²) in [6, 6.07) is 10.2. The van der Waals surface area contributed by atoms with E-state index in [-0.39, 0.29) is 11.4 Å². The third-order valence-electron chi connectivity index (χ3n) is 5.44. The maximum atomic E-state index is 12.7. The van der Waals surface area contributed by atoms with Crippen molar-refractivity contribution in [3.8, 4) is 0 Å². The monoisotopic (exact) mass is 460 g/mol. The summed E-state index contributed by atoms with van der Waals surface area (Å²) in [5.74, 6) is 0. The van der Waals surface area contributed by atoms with Crippen molar-refractivity contribution in [2.75, 3.05) is 26.2 Å². The van der Waals surface area contributed by atoms with Crippen LogP contribution in [-0.2, 0) is 34.1 Å². The van der Waals surface area contributed by atoms with E-state index >= 15 is 0 Å². The van der Waals surface area contributed by atoms with Crippen LogP contribution < -0.4 is 0 Å². The Balaban J connectivity index is 2.57. The van der Waals surface area contributed by atoms with E-state index in [1.807, 2.05) is 25.1 Å². The Morgan fingerprint density at radius 3 is 2.17 bits per heavy atom. The van der Waals surface area contributed by atoms with Gasteiger partial charge in [-0.05, 0) is 50.4 Å². The number of ether oxygens (including phenoxy) is 2. The van der Waals surface area contributed by atoms with E-state index in [1.165, 1.54) is 5.56 Å². The van der Waals surface area contributed by atoms with Crippen molar-refractivity contribution in [2.45, 2.75) is 78.5 Å². The molecule has 0 fully saturated rings. The maximum Gasteiger partial charge on any atom is 0.356 e. The predicted octanol–water partition coefficient (Wildman–Crippen LogP) is 6.57. The molecule has 0 radical (unpaired) electrons. The number of hydrogen-bond donors (Lipinski definition) is 0. The SMILES string of the molecule is CCOP(=O)(COC(CC)O[Si](C)(C)C(C)(C)CCOCc1ccccc1)OCC. The number of rotatable bonds is 16. The van der Waals surface area contributed by atoms with Gasteiger partial charge in [-0.3, -0.25) is 4.57 Å². The second kappa shape index (κ2) is 13.1. The van der Waals surface area contributed by atoms with Crippen LogP contribution >= 0.6 is 7.60 Å². The molecule has 0 N–H and O–H groups in total. The molecule has 1 atom stereocenters. The molecule has 1 aromatic rings. The fraction of sp³-hybridized carbons (Fsp3) is 0.727. The van der Waals surface area contributed by atoms with Crippen LogP contribution in [0.3, 0.4) is 0 Å². The summed E-state index contributed by atoms with van der Waals surface area (Å²) >= 11 is 0. The first-order chi connectivity index (χ1) is 14.1. The highest BCUT2D eigenvalue weighted by molar-refractivity contribution is 7.53. The Morgan fingerprint density at radius 1 is 1.03 bits per heavy atom. The van der Waals surface area contributed by atoms with Crippen LogP contribution in [0, 0.1) is 0 Å². The summed E-state index contributed by atoms with van der Waals surface area (Å²) in [7, 11) is -5.40. The summed E-state index contributed by atoms with van der Waals surface area (Å²) in [5, 5.41) is -0.0238. The smallest absolute Gasteiger partial charge is 0.356 e. The summed E-state index contributed by atoms with van der Waals surface area (Å²) in [6.45, 7) is 16.3. The average Bonchev–Trinajstić information content (AvgIpc) is 2.69. The van der Waals surface area contributed by atoms with Gasteiger partial charge in [-0.25, -0.2) is 0 Å². The van der Waals surface area contributed by atoms with Gasteiger partial charge in [-0.2, -0.15) is 0 Å². The number of hydrogen-bond acceptors (Lipinski definition) is 6. The average molecular weight is 461 g/mol. The fourth-order valence-corrected chi connectivity index (χ4v) is 6.07. The molecule has 30 heavy (non-hydrogen) atoms. The van der Waals surface area contributed by atoms with Crippen molar-refractivity contribution in [1.82, 2.24) is 0 Å². The number of benzene rings is 1. The topological polar surface area (TPSA) is 63.2 Å². The highest BCUT2D eigenvalue weighted by Gasteiger charge is 2.42. The maximum absolute atomic E-state index is 12.7. The largest absolute Gasteiger partial charge is 0.392 e. The highest BCUT2D eigenvalue weighted by Crippen LogP contribution is 2.48. The lowest BCUT2D eigenvalue weighted by molar-refractivity contribution is -0.0790. The molecule has 0 amide bonds. The molecular formula is C22H41O6PSi. The van der Waals surface area contributed by atoms with Gasteiger partial charge in [0.05, 0.1) is 19.8 Å². The fourth-order valence-electron chi connectivity index (χ4n) is 2.80. The molecule has 0 aliphatic heterocycles. The van der Waals surface area contributed by atoms with E-state index in [2.05, 4.69) is 39.1 Å². The van der Waals surface area contributed by atoms with Gasteiger partial charge in [-0.1, -0.05) is 51.1 Å². The van der Waals surface area contributed by atoms with Crippen molar-refractivity contribution >= 4 is 15.9 Å². The minimum absolute atomic E-state index is 0.0238. The molecule has 174 valence electrons. The van der Waals surface area contributed by atoms with E-state index in [9.17, 15) is 4.57 Å². The van der Waals surface area contributed by atoms with Crippen LogP contribution in [0.25, 0.3) is 0 Å². The van der Waals surface area contributed by atoms with Crippen molar-refractivity contribution in [1.29, 1.82) is 0 Å². The molecule has 8 heteroatoms. The van der Waals surface area contributed by atoms with Gasteiger partial charge < -0.3 is 22.9 Å². The van der Waals surface area contributed by atoms with Gasteiger partial charge in [0.25, 0.3) is 0 Å². The molecule has 1 aromatic carbocycles. The summed E-state index contributed by atoms with van der Waals surface area (Å²) in [4.78, 5) is 0. The molecule has 6 nitrogen and oxygen atoms in total. The predicted molar refractivity (Wildman–Crippen MR) is 124 cm³/mol. The third-order valence-corrected chi connectivity index (χ3v) is 11.6. The van der Waals surface area contributed by atoms with Gasteiger partial charge >= 0.3 is 7.60 Å². The molecule has 0 spiro atoms. The Bertz CT molecular complexity index is 628. The van der Waals surface area contributed by atoms with Crippen molar-refractivity contribution in [2.24, 2.45) is 0 Å². The van der Waals surface area contributed by atoms with Crippen LogP contribution in [0.15, 0.2) is 30.3 Å². The summed E-state index contributed by atoms with van der Waals surface area (Å²) in [6.07, 6.45) is 1.02. The van der Waals surface area contributed by atoms with Crippen LogP contribution in [0.1, 0.15) is 53.0 Å². The molecule has 0 saturated carbocycles. The van der Waals surface area contributed by atoms with Crippen molar-refractivity contribution in [3.63, 3.8) is 0 Å². The first-order valence-electron chi connectivity index (χ1n) is 10.9. The van der Waals surface area contributed by atoms with Crippen molar-refractivity contribution < 1.29 is 27.5 Å². The zero-order chi connectivity index (χ0) is 22.7. The van der Waals surface area contributed by atoms with E-state index in [1.54, 1.807) is 13.8 Å². The van der Waals surface area contributed by atoms with E-state index in [0.717, 1.165) is 6.42 Å². The zero-order valence-corrected chi connectivity index (χ0v) is 21.7. The minimum atomic E-state index is -3.25. The Kier molecular flexibility index (Phi) is 12.0. The molecule has 0 saturated heterocycles. The van der Waals surface area contributed by atoms with Gasteiger partial charge in [0, 0.05) is 6.61 Å². The van der Waals surface area contributed by atoms with E-state index in [0.29, 0.717) is 32.8 Å². The second-order valence-corrected chi connectivity index (χ2v) is 15.0. The second-order valence-electron chi connectivity index (χ2n) is 8.38. The first kappa shape index (κ1) is 27.5. The van der Waals surface area contributed by atoms with E-state index in [4.69, 9.17) is 22.9 Å². The summed E-state index contributed by atoms with van der Waals surface area (Å²) < 4.78 is 41.5. The molecule has 0 aromatic heterocycles. The molecular weight excluding hydrogens is 419 g/mol. The molecule has 1 unspecified atom stereocenters. The standard InChI is InChI=1S/C22H41O6PSi/c1-8-21(25-19-29(23,26-9-2)27-10-3)28-30(6,7)22(4,5)16-17-24-18-20-14-12-11-13-15-20/h11-15,21H,8-10,16-19H2,1-7H3. The summed E-state index contributed by atoms with van der Waals surface area (Å²) in [5.41, 5.74) is 1.18. The van der Waals surface area contributed by atoms with E-state index < -0.39 is 22.2 Å². The lowest BCUT2D eigenvalue weighted by Crippen LogP contribution is -2.46. The van der Waals surface area contributed by atoms with Crippen LogP contribution in [0.2, 0.25) is 18.1 Å². The van der Waals surface area contributed by atoms with Crippen molar-refractivity contribution in [3.05, 3.63) is 35.9 Å². The van der Waals surface area contributed by atoms with Gasteiger partial charge in [0.2, 0.25) is 0 Å². The normalized spacial score (nSPS) is 14.1. The van der Waals surface area contributed by atoms with Crippen LogP contribution in [0.4, 0.5) is 0 Å². The Hall–Kier alpha value is -0.533. The Labute approximate surface area is 184 Å². The lowest BCUT2D eigenvalue weighted by atomic mass is 10.1.